The number of ether oxygens (including phenoxy) is 1. The smallest absolute Gasteiger partial charge is 0.195 e. The first-order valence-electron chi connectivity index (χ1n) is 6.59. The van der Waals surface area contributed by atoms with Crippen LogP contribution in [0, 0.1) is 4.77 Å². The molecule has 0 unspecified atom stereocenters. The van der Waals surface area contributed by atoms with E-state index in [0.717, 1.165) is 43.3 Å². The van der Waals surface area contributed by atoms with Gasteiger partial charge in [0.25, 0.3) is 0 Å². The molecule has 0 radical (unpaired) electrons. The van der Waals surface area contributed by atoms with Crippen LogP contribution in [0.2, 0.25) is 0 Å². The predicted molar refractivity (Wildman–Crippen MR) is 81.1 cm³/mol. The average Bonchev–Trinajstić information content (AvgIpc) is 3.04. The van der Waals surface area contributed by atoms with E-state index in [2.05, 4.69) is 23.2 Å². The molecular weight excluding hydrogens is 278 g/mol. The van der Waals surface area contributed by atoms with Gasteiger partial charge in [0.2, 0.25) is 0 Å². The summed E-state index contributed by atoms with van der Waals surface area (Å²) in [5, 5.41) is 9.22. The average molecular weight is 297 g/mol. The van der Waals surface area contributed by atoms with Crippen molar-refractivity contribution in [2.75, 3.05) is 13.2 Å². The van der Waals surface area contributed by atoms with Crippen LogP contribution >= 0.6 is 23.6 Å². The molecule has 0 aliphatic carbocycles. The second-order valence-corrected chi connectivity index (χ2v) is 5.64. The number of aromatic amines is 1. The molecule has 2 heterocycles. The third-order valence-electron chi connectivity index (χ3n) is 2.81. The van der Waals surface area contributed by atoms with Crippen LogP contribution < -0.4 is 0 Å². The second-order valence-electron chi connectivity index (χ2n) is 4.30. The molecule has 6 heteroatoms. The molecule has 0 aromatic carbocycles. The summed E-state index contributed by atoms with van der Waals surface area (Å²) >= 11 is 6.95. The zero-order valence-corrected chi connectivity index (χ0v) is 12.7. The third-order valence-corrected chi connectivity index (χ3v) is 3.99. The Labute approximate surface area is 122 Å². The minimum Gasteiger partial charge on any atom is -0.381 e. The lowest BCUT2D eigenvalue weighted by Crippen LogP contribution is -2.05. The predicted octanol–water partition coefficient (Wildman–Crippen LogP) is 3.88. The summed E-state index contributed by atoms with van der Waals surface area (Å²) in [6.45, 7) is 4.64. The lowest BCUT2D eigenvalue weighted by Gasteiger charge is -2.06. The molecule has 0 aliphatic rings. The lowest BCUT2D eigenvalue weighted by atomic mass is 10.3. The highest BCUT2D eigenvalue weighted by Crippen LogP contribution is 2.22. The van der Waals surface area contributed by atoms with Gasteiger partial charge in [0, 0.05) is 19.8 Å². The molecule has 2 rings (SSSR count). The fraction of sp³-hybridized carbons (Fsp3) is 0.538. The number of unbranched alkanes of at least 4 members (excludes halogenated alkanes) is 1. The fourth-order valence-electron chi connectivity index (χ4n) is 1.79. The van der Waals surface area contributed by atoms with E-state index in [9.17, 15) is 0 Å². The minimum atomic E-state index is 0.678. The molecule has 19 heavy (non-hydrogen) atoms. The number of nitrogens with one attached hydrogen (secondary N) is 1. The molecule has 4 nitrogen and oxygen atoms in total. The topological polar surface area (TPSA) is 42.8 Å². The number of aromatic nitrogens is 3. The van der Waals surface area contributed by atoms with Crippen molar-refractivity contribution in [1.82, 2.24) is 14.8 Å². The number of H-pyrrole nitrogens is 1. The van der Waals surface area contributed by atoms with Crippen LogP contribution in [0.1, 0.15) is 26.2 Å². The number of nitrogens with zero attached hydrogens (tertiary/aromatic N) is 2. The number of rotatable bonds is 8. The molecule has 0 saturated heterocycles. The Hall–Kier alpha value is -0.980. The summed E-state index contributed by atoms with van der Waals surface area (Å²) in [4.78, 5) is 1.14. The van der Waals surface area contributed by atoms with Crippen molar-refractivity contribution in [2.24, 2.45) is 0 Å². The van der Waals surface area contributed by atoms with Crippen LogP contribution in [0.5, 0.6) is 0 Å². The van der Waals surface area contributed by atoms with Gasteiger partial charge in [-0.1, -0.05) is 19.4 Å². The van der Waals surface area contributed by atoms with E-state index in [-0.39, 0.29) is 0 Å². The summed E-state index contributed by atoms with van der Waals surface area (Å²) in [7, 11) is 0. The van der Waals surface area contributed by atoms with Crippen LogP contribution in [0.4, 0.5) is 0 Å². The maximum absolute atomic E-state index is 5.57. The van der Waals surface area contributed by atoms with Gasteiger partial charge in [-0.15, -0.1) is 11.3 Å². The Kier molecular flexibility index (Phi) is 5.75. The first kappa shape index (κ1) is 14.4. The van der Waals surface area contributed by atoms with E-state index in [0.29, 0.717) is 4.77 Å². The Morgan fingerprint density at radius 2 is 2.26 bits per heavy atom. The standard InChI is InChI=1S/C13H19N3OS2/c1-2-3-8-17-9-5-7-16-12(14-15-13(16)18)11-6-4-10-19-11/h4,6,10H,2-3,5,7-9H2,1H3,(H,15,18). The molecule has 0 aliphatic heterocycles. The highest BCUT2D eigenvalue weighted by molar-refractivity contribution is 7.71. The van der Waals surface area contributed by atoms with E-state index >= 15 is 0 Å². The van der Waals surface area contributed by atoms with Crippen molar-refractivity contribution in [2.45, 2.75) is 32.7 Å². The van der Waals surface area contributed by atoms with Gasteiger partial charge in [0.1, 0.15) is 0 Å². The normalized spacial score (nSPS) is 11.0. The summed E-state index contributed by atoms with van der Waals surface area (Å²) in [5.74, 6) is 0.925. The van der Waals surface area contributed by atoms with Gasteiger partial charge in [-0.2, -0.15) is 5.10 Å². The molecular formula is C13H19N3OS2. The molecule has 0 amide bonds. The molecule has 2 aromatic rings. The van der Waals surface area contributed by atoms with Crippen molar-refractivity contribution in [3.63, 3.8) is 0 Å². The van der Waals surface area contributed by atoms with E-state index < -0.39 is 0 Å². The molecule has 0 fully saturated rings. The molecule has 104 valence electrons. The van der Waals surface area contributed by atoms with Crippen molar-refractivity contribution >= 4 is 23.6 Å². The maximum Gasteiger partial charge on any atom is 0.195 e. The second kappa shape index (κ2) is 7.57. The van der Waals surface area contributed by atoms with Crippen LogP contribution in [0.25, 0.3) is 10.7 Å². The first-order valence-corrected chi connectivity index (χ1v) is 7.88. The third kappa shape index (κ3) is 3.99. The van der Waals surface area contributed by atoms with Crippen LogP contribution in [-0.2, 0) is 11.3 Å². The zero-order chi connectivity index (χ0) is 13.5. The minimum absolute atomic E-state index is 0.678. The maximum atomic E-state index is 5.57. The summed E-state index contributed by atoms with van der Waals surface area (Å²) in [6.07, 6.45) is 3.26. The SMILES string of the molecule is CCCCOCCCn1c(-c2cccs2)n[nH]c1=S. The monoisotopic (exact) mass is 297 g/mol. The van der Waals surface area contributed by atoms with Crippen molar-refractivity contribution in [1.29, 1.82) is 0 Å². The van der Waals surface area contributed by atoms with Crippen LogP contribution in [0.15, 0.2) is 17.5 Å². The number of hydrogen-bond acceptors (Lipinski definition) is 4. The quantitative estimate of drug-likeness (QED) is 0.594. The van der Waals surface area contributed by atoms with Gasteiger partial charge in [0.05, 0.1) is 4.88 Å². The van der Waals surface area contributed by atoms with Gasteiger partial charge in [-0.05, 0) is 36.5 Å². The van der Waals surface area contributed by atoms with Crippen molar-refractivity contribution in [3.05, 3.63) is 22.3 Å². The highest BCUT2D eigenvalue weighted by Gasteiger charge is 2.09. The van der Waals surface area contributed by atoms with E-state index in [1.165, 1.54) is 6.42 Å². The molecule has 0 saturated carbocycles. The Bertz CT molecular complexity index is 530. The van der Waals surface area contributed by atoms with E-state index in [1.807, 2.05) is 16.0 Å². The van der Waals surface area contributed by atoms with Crippen molar-refractivity contribution in [3.8, 4) is 10.7 Å². The van der Waals surface area contributed by atoms with E-state index in [1.54, 1.807) is 11.3 Å². The highest BCUT2D eigenvalue weighted by atomic mass is 32.1. The van der Waals surface area contributed by atoms with Gasteiger partial charge < -0.3 is 4.74 Å². The molecule has 0 bridgehead atoms. The number of thiophene rings is 1. The Morgan fingerprint density at radius 1 is 1.42 bits per heavy atom. The molecule has 1 N–H and O–H groups in total. The first-order chi connectivity index (χ1) is 9.33. The van der Waals surface area contributed by atoms with Gasteiger partial charge in [0.15, 0.2) is 10.6 Å². The van der Waals surface area contributed by atoms with Crippen molar-refractivity contribution < 1.29 is 4.74 Å². The van der Waals surface area contributed by atoms with Gasteiger partial charge in [-0.25, -0.2) is 0 Å². The van der Waals surface area contributed by atoms with Gasteiger partial charge >= 0.3 is 0 Å². The number of hydrogen-bond donors (Lipinski definition) is 1. The molecule has 2 aromatic heterocycles. The molecule has 0 atom stereocenters. The zero-order valence-electron chi connectivity index (χ0n) is 11.1. The molecule has 0 spiro atoms. The van der Waals surface area contributed by atoms with E-state index in [4.69, 9.17) is 17.0 Å². The Balaban J connectivity index is 1.90. The summed E-state index contributed by atoms with van der Waals surface area (Å²) in [6, 6.07) is 4.08. The largest absolute Gasteiger partial charge is 0.381 e. The fourth-order valence-corrected chi connectivity index (χ4v) is 2.74. The lowest BCUT2D eigenvalue weighted by molar-refractivity contribution is 0.126. The van der Waals surface area contributed by atoms with Gasteiger partial charge in [-0.3, -0.25) is 9.67 Å². The van der Waals surface area contributed by atoms with Crippen LogP contribution in [0.3, 0.4) is 0 Å². The summed E-state index contributed by atoms with van der Waals surface area (Å²) < 4.78 is 8.29. The summed E-state index contributed by atoms with van der Waals surface area (Å²) in [5.41, 5.74) is 0. The van der Waals surface area contributed by atoms with Crippen LogP contribution in [-0.4, -0.2) is 28.0 Å². The Morgan fingerprint density at radius 3 is 3.00 bits per heavy atom.